The molecule has 0 unspecified atom stereocenters. The zero-order valence-electron chi connectivity index (χ0n) is 18.7. The van der Waals surface area contributed by atoms with Gasteiger partial charge in [0.15, 0.2) is 3.83 Å². The van der Waals surface area contributed by atoms with Gasteiger partial charge in [-0.05, 0) is 69.3 Å². The second-order valence-corrected chi connectivity index (χ2v) is 14.3. The summed E-state index contributed by atoms with van der Waals surface area (Å²) in [6.07, 6.45) is 1.53. The number of rotatable bonds is 5. The number of hydrogen-bond acceptors (Lipinski definition) is 6. The molecule has 2 fully saturated rings. The fourth-order valence-corrected chi connectivity index (χ4v) is 8.36. The molecule has 2 aliphatic rings. The average molecular weight is 548 g/mol. The number of amides is 1. The number of primary amides is 1. The number of hydrogen-bond donors (Lipinski definition) is 1. The van der Waals surface area contributed by atoms with Crippen LogP contribution in [0.3, 0.4) is 0 Å². The quantitative estimate of drug-likeness (QED) is 0.345. The van der Waals surface area contributed by atoms with Crippen molar-refractivity contribution in [2.24, 2.45) is 11.1 Å². The van der Waals surface area contributed by atoms with E-state index in [-0.39, 0.29) is 6.04 Å². The lowest BCUT2D eigenvalue weighted by atomic mass is 9.96. The van der Waals surface area contributed by atoms with E-state index in [2.05, 4.69) is 39.4 Å². The highest BCUT2D eigenvalue weighted by atomic mass is 127. The van der Waals surface area contributed by atoms with Crippen molar-refractivity contribution in [2.45, 2.75) is 69.9 Å². The lowest BCUT2D eigenvalue weighted by molar-refractivity contribution is -0.122. The largest absolute Gasteiger partial charge is 0.377 e. The Morgan fingerprint density at radius 3 is 2.47 bits per heavy atom. The first-order chi connectivity index (χ1) is 13.7. The molecule has 1 aliphatic heterocycles. The highest BCUT2D eigenvalue weighted by Crippen LogP contribution is 2.57. The molecular weight excluding hydrogens is 515 g/mol. The highest BCUT2D eigenvalue weighted by Gasteiger charge is 2.58. The fraction of sp³-hybridized carbons (Fsp3) is 0.714. The molecule has 9 heteroatoms. The summed E-state index contributed by atoms with van der Waals surface area (Å²) in [6.45, 7) is 13.6. The van der Waals surface area contributed by atoms with Gasteiger partial charge in [-0.3, -0.25) is 9.00 Å². The van der Waals surface area contributed by atoms with Gasteiger partial charge in [-0.25, -0.2) is 9.97 Å². The highest BCUT2D eigenvalue weighted by molar-refractivity contribution is 14.1. The van der Waals surface area contributed by atoms with E-state index in [9.17, 15) is 9.00 Å². The molecule has 3 rings (SSSR count). The predicted octanol–water partition coefficient (Wildman–Crippen LogP) is 2.69. The van der Waals surface area contributed by atoms with Gasteiger partial charge in [-0.15, -0.1) is 0 Å². The summed E-state index contributed by atoms with van der Waals surface area (Å²) < 4.78 is 19.8. The molecule has 1 aromatic heterocycles. The van der Waals surface area contributed by atoms with Crippen LogP contribution in [0, 0.1) is 9.25 Å². The Kier molecular flexibility index (Phi) is 6.23. The third kappa shape index (κ3) is 4.09. The molecule has 168 valence electrons. The molecule has 0 aromatic carbocycles. The van der Waals surface area contributed by atoms with Crippen LogP contribution >= 0.6 is 22.6 Å². The van der Waals surface area contributed by atoms with E-state index >= 15 is 0 Å². The number of anilines is 1. The number of ether oxygens (including phenoxy) is 1. The van der Waals surface area contributed by atoms with Crippen LogP contribution in [-0.4, -0.2) is 56.0 Å². The summed E-state index contributed by atoms with van der Waals surface area (Å²) in [5, 5.41) is 1.72. The van der Waals surface area contributed by atoms with Crippen molar-refractivity contribution >= 4 is 49.2 Å². The SMILES string of the molecule is C[C@@H]1COCCN1c1cc(C2([S@@](=O)(=CC(C)(C)C(N)=O)C(C)(C)C)CC2)nc(I)n1. The summed E-state index contributed by atoms with van der Waals surface area (Å²) in [4.78, 5) is 23.7. The van der Waals surface area contributed by atoms with Gasteiger partial charge in [0.25, 0.3) is 0 Å². The summed E-state index contributed by atoms with van der Waals surface area (Å²) in [5.74, 6) is 0.367. The van der Waals surface area contributed by atoms with E-state index < -0.39 is 30.3 Å². The number of nitrogens with zero attached hydrogens (tertiary/aromatic N) is 3. The van der Waals surface area contributed by atoms with E-state index in [1.807, 2.05) is 26.8 Å². The maximum atomic E-state index is 14.7. The minimum absolute atomic E-state index is 0.208. The Balaban J connectivity index is 2.18. The van der Waals surface area contributed by atoms with Crippen LogP contribution in [0.4, 0.5) is 5.82 Å². The monoisotopic (exact) mass is 548 g/mol. The number of carbonyl (C=O) groups is 1. The Morgan fingerprint density at radius 2 is 1.97 bits per heavy atom. The first-order valence-corrected chi connectivity index (χ1v) is 13.0. The average Bonchev–Trinajstić information content (AvgIpc) is 3.42. The van der Waals surface area contributed by atoms with Crippen molar-refractivity contribution in [2.75, 3.05) is 24.7 Å². The number of morpholine rings is 1. The molecule has 2 atom stereocenters. The smallest absolute Gasteiger partial charge is 0.227 e. The van der Waals surface area contributed by atoms with Crippen molar-refractivity contribution < 1.29 is 13.7 Å². The van der Waals surface area contributed by atoms with Crippen LogP contribution in [0.15, 0.2) is 6.07 Å². The zero-order chi connectivity index (χ0) is 22.5. The van der Waals surface area contributed by atoms with E-state index in [0.29, 0.717) is 17.0 Å². The van der Waals surface area contributed by atoms with Gasteiger partial charge < -0.3 is 15.4 Å². The summed E-state index contributed by atoms with van der Waals surface area (Å²) in [6, 6.07) is 2.20. The third-order valence-corrected chi connectivity index (χ3v) is 11.1. The van der Waals surface area contributed by atoms with Gasteiger partial charge in [0.1, 0.15) is 5.82 Å². The summed E-state index contributed by atoms with van der Waals surface area (Å²) >= 11 is 2.13. The molecule has 7 nitrogen and oxygen atoms in total. The van der Waals surface area contributed by atoms with Gasteiger partial charge in [-0.2, -0.15) is 0 Å². The first kappa shape index (κ1) is 23.7. The molecular formula is C21H33IN4O3S. The van der Waals surface area contributed by atoms with Gasteiger partial charge in [0.05, 0.1) is 35.1 Å². The Labute approximate surface area is 193 Å². The van der Waals surface area contributed by atoms with Crippen molar-refractivity contribution in [3.8, 4) is 0 Å². The normalized spacial score (nSPS) is 23.6. The molecule has 2 heterocycles. The maximum Gasteiger partial charge on any atom is 0.227 e. The fourth-order valence-electron chi connectivity index (χ4n) is 4.03. The first-order valence-electron chi connectivity index (χ1n) is 10.3. The van der Waals surface area contributed by atoms with Crippen molar-refractivity contribution in [1.82, 2.24) is 9.97 Å². The summed E-state index contributed by atoms with van der Waals surface area (Å²) in [5.41, 5.74) is 5.46. The molecule has 1 saturated heterocycles. The second kappa shape index (κ2) is 7.88. The van der Waals surface area contributed by atoms with Gasteiger partial charge in [-0.1, -0.05) is 0 Å². The van der Waals surface area contributed by atoms with Crippen LogP contribution in [0.25, 0.3) is 0 Å². The van der Waals surface area contributed by atoms with Crippen LogP contribution in [0.2, 0.25) is 0 Å². The lowest BCUT2D eigenvalue weighted by Crippen LogP contribution is -2.46. The Bertz CT molecular complexity index is 959. The van der Waals surface area contributed by atoms with Gasteiger partial charge in [0.2, 0.25) is 5.91 Å². The zero-order valence-corrected chi connectivity index (χ0v) is 21.7. The second-order valence-electron chi connectivity index (χ2n) is 9.91. The predicted molar refractivity (Wildman–Crippen MR) is 130 cm³/mol. The van der Waals surface area contributed by atoms with Crippen molar-refractivity contribution in [3.05, 3.63) is 15.6 Å². The molecule has 1 aromatic rings. The topological polar surface area (TPSA) is 98.4 Å². The van der Waals surface area contributed by atoms with E-state index in [0.717, 1.165) is 30.9 Å². The van der Waals surface area contributed by atoms with Gasteiger partial charge in [0, 0.05) is 39.9 Å². The van der Waals surface area contributed by atoms with Crippen molar-refractivity contribution in [3.63, 3.8) is 0 Å². The lowest BCUT2D eigenvalue weighted by Gasteiger charge is -2.37. The number of nitrogens with two attached hydrogens (primary N) is 1. The molecule has 1 aliphatic carbocycles. The Hall–Kier alpha value is -0.940. The molecule has 0 radical (unpaired) electrons. The molecule has 30 heavy (non-hydrogen) atoms. The minimum Gasteiger partial charge on any atom is -0.377 e. The number of aromatic nitrogens is 2. The van der Waals surface area contributed by atoms with Gasteiger partial charge >= 0.3 is 0 Å². The number of halogens is 1. The van der Waals surface area contributed by atoms with Crippen molar-refractivity contribution in [1.29, 1.82) is 0 Å². The molecule has 1 amide bonds. The van der Waals surface area contributed by atoms with E-state index in [1.165, 1.54) is 0 Å². The maximum absolute atomic E-state index is 14.7. The Morgan fingerprint density at radius 1 is 1.33 bits per heavy atom. The summed E-state index contributed by atoms with van der Waals surface area (Å²) in [7, 11) is -2.67. The molecule has 2 N–H and O–H groups in total. The van der Waals surface area contributed by atoms with Crippen LogP contribution in [-0.2, 0) is 23.8 Å². The van der Waals surface area contributed by atoms with Crippen LogP contribution < -0.4 is 10.6 Å². The van der Waals surface area contributed by atoms with E-state index in [1.54, 1.807) is 19.2 Å². The third-order valence-electron chi connectivity index (χ3n) is 6.10. The number of carbonyl (C=O) groups excluding carboxylic acids is 1. The van der Waals surface area contributed by atoms with Crippen LogP contribution in [0.5, 0.6) is 0 Å². The minimum atomic E-state index is -2.67. The standard InChI is InChI=1S/C21H33IN4O3S/c1-14-12-29-10-9-26(14)16-11-15(24-18(22)25-16)21(7-8-21)30(28,19(2,3)4)13-20(5,6)17(23)27/h11,13-14H,7-10,12H2,1-6H3,(H2,23,27)/t14-,30-/m1/s1. The molecule has 1 saturated carbocycles. The molecule has 0 bridgehead atoms. The molecule has 0 spiro atoms. The van der Waals surface area contributed by atoms with Crippen LogP contribution in [0.1, 0.15) is 60.1 Å². The van der Waals surface area contributed by atoms with E-state index in [4.69, 9.17) is 15.5 Å².